The van der Waals surface area contributed by atoms with Crippen molar-refractivity contribution in [1.82, 2.24) is 5.16 Å². The molecule has 0 radical (unpaired) electrons. The average molecular weight is 250 g/mol. The molecule has 4 nitrogen and oxygen atoms in total. The molecular formula is C13H15FN2O2. The topological polar surface area (TPSA) is 61.3 Å². The fraction of sp³-hybridized carbons (Fsp3) is 0.308. The van der Waals surface area contributed by atoms with Crippen molar-refractivity contribution in [3.63, 3.8) is 0 Å². The van der Waals surface area contributed by atoms with E-state index in [4.69, 9.17) is 15.0 Å². The minimum atomic E-state index is -0.656. The fourth-order valence-corrected chi connectivity index (χ4v) is 1.85. The maximum absolute atomic E-state index is 12.6. The molecule has 0 aliphatic heterocycles. The van der Waals surface area contributed by atoms with E-state index in [1.807, 2.05) is 24.3 Å². The maximum atomic E-state index is 12.6. The second kappa shape index (κ2) is 5.75. The lowest BCUT2D eigenvalue weighted by Gasteiger charge is -2.20. The minimum Gasteiger partial charge on any atom is -0.375 e. The zero-order valence-electron chi connectivity index (χ0n) is 10.0. The molecule has 0 aliphatic carbocycles. The van der Waals surface area contributed by atoms with Gasteiger partial charge in [-0.1, -0.05) is 29.4 Å². The first-order chi connectivity index (χ1) is 8.76. The van der Waals surface area contributed by atoms with Crippen molar-refractivity contribution in [3.8, 4) is 11.1 Å². The molecule has 0 unspecified atom stereocenters. The summed E-state index contributed by atoms with van der Waals surface area (Å²) in [4.78, 5) is 0. The van der Waals surface area contributed by atoms with Gasteiger partial charge in [0, 0.05) is 12.7 Å². The monoisotopic (exact) mass is 250 g/mol. The van der Waals surface area contributed by atoms with Crippen LogP contribution in [0.1, 0.15) is 11.7 Å². The minimum absolute atomic E-state index is 0.438. The highest BCUT2D eigenvalue weighted by molar-refractivity contribution is 5.61. The van der Waals surface area contributed by atoms with Crippen LogP contribution in [0.4, 0.5) is 4.39 Å². The van der Waals surface area contributed by atoms with Crippen LogP contribution in [-0.4, -0.2) is 25.0 Å². The predicted molar refractivity (Wildman–Crippen MR) is 65.6 cm³/mol. The number of rotatable bonds is 5. The number of hydrogen-bond acceptors (Lipinski definition) is 4. The van der Waals surface area contributed by atoms with Crippen molar-refractivity contribution >= 4 is 0 Å². The number of methoxy groups -OCH3 is 1. The van der Waals surface area contributed by atoms with Gasteiger partial charge in [0.05, 0.1) is 18.3 Å². The molecular weight excluding hydrogens is 235 g/mol. The number of benzene rings is 1. The summed E-state index contributed by atoms with van der Waals surface area (Å²) in [6.45, 7) is -0.619. The molecule has 0 spiro atoms. The Labute approximate surface area is 105 Å². The summed E-state index contributed by atoms with van der Waals surface area (Å²) < 4.78 is 22.6. The van der Waals surface area contributed by atoms with Gasteiger partial charge in [0.2, 0.25) is 0 Å². The lowest BCUT2D eigenvalue weighted by Crippen LogP contribution is -2.31. The first kappa shape index (κ1) is 12.7. The molecule has 5 heteroatoms. The molecule has 18 heavy (non-hydrogen) atoms. The Morgan fingerprint density at radius 3 is 2.56 bits per heavy atom. The van der Waals surface area contributed by atoms with Gasteiger partial charge in [-0.2, -0.15) is 0 Å². The average Bonchev–Trinajstić information content (AvgIpc) is 2.94. The third-order valence-electron chi connectivity index (χ3n) is 2.83. The van der Waals surface area contributed by atoms with Crippen LogP contribution in [0, 0.1) is 0 Å². The molecule has 0 aliphatic rings. The highest BCUT2D eigenvalue weighted by Gasteiger charge is 2.19. The van der Waals surface area contributed by atoms with Gasteiger partial charge in [-0.3, -0.25) is 0 Å². The normalized spacial score (nSPS) is 14.4. The van der Waals surface area contributed by atoms with Gasteiger partial charge >= 0.3 is 0 Å². The van der Waals surface area contributed by atoms with Crippen molar-refractivity contribution in [3.05, 3.63) is 42.3 Å². The number of aromatic nitrogens is 1. The second-order valence-corrected chi connectivity index (χ2v) is 4.01. The molecule has 2 N–H and O–H groups in total. The van der Waals surface area contributed by atoms with Crippen molar-refractivity contribution in [1.29, 1.82) is 0 Å². The molecule has 1 aromatic carbocycles. The van der Waals surface area contributed by atoms with Gasteiger partial charge in [-0.25, -0.2) is 4.39 Å². The summed E-state index contributed by atoms with van der Waals surface area (Å²) in [6.07, 6.45) is 2.76. The zero-order chi connectivity index (χ0) is 13.0. The number of nitrogens with zero attached hydrogens (tertiary/aromatic N) is 1. The zero-order valence-corrected chi connectivity index (χ0v) is 10.0. The Balaban J connectivity index is 2.21. The SMILES string of the molecule is CO[C@H](c1ccc(-c2cnoc2)cc1)[C@H](N)CF. The summed E-state index contributed by atoms with van der Waals surface area (Å²) in [7, 11) is 1.52. The molecule has 2 rings (SSSR count). The highest BCUT2D eigenvalue weighted by Crippen LogP contribution is 2.24. The second-order valence-electron chi connectivity index (χ2n) is 4.01. The highest BCUT2D eigenvalue weighted by atomic mass is 19.1. The molecule has 96 valence electrons. The summed E-state index contributed by atoms with van der Waals surface area (Å²) in [5.41, 5.74) is 8.39. The Morgan fingerprint density at radius 2 is 2.06 bits per heavy atom. The van der Waals surface area contributed by atoms with Crippen LogP contribution in [-0.2, 0) is 4.74 Å². The third-order valence-corrected chi connectivity index (χ3v) is 2.83. The van der Waals surface area contributed by atoms with E-state index in [0.717, 1.165) is 16.7 Å². The van der Waals surface area contributed by atoms with Crippen LogP contribution in [0.3, 0.4) is 0 Å². The van der Waals surface area contributed by atoms with Gasteiger partial charge in [0.15, 0.2) is 0 Å². The Bertz CT molecular complexity index is 470. The quantitative estimate of drug-likeness (QED) is 0.884. The van der Waals surface area contributed by atoms with Crippen molar-refractivity contribution in [2.45, 2.75) is 12.1 Å². The van der Waals surface area contributed by atoms with Gasteiger partial charge in [-0.15, -0.1) is 0 Å². The fourth-order valence-electron chi connectivity index (χ4n) is 1.85. The van der Waals surface area contributed by atoms with Crippen LogP contribution in [0.2, 0.25) is 0 Å². The number of halogens is 1. The van der Waals surface area contributed by atoms with E-state index in [2.05, 4.69) is 5.16 Å². The standard InChI is InChI=1S/C13H15FN2O2/c1-17-13(12(15)6-14)10-4-2-9(3-5-10)11-7-16-18-8-11/h2-5,7-8,12-13H,6,15H2,1H3/t12-,13-/m1/s1. The van der Waals surface area contributed by atoms with Crippen LogP contribution < -0.4 is 5.73 Å². The smallest absolute Gasteiger partial charge is 0.131 e. The van der Waals surface area contributed by atoms with Crippen molar-refractivity contribution in [2.24, 2.45) is 5.73 Å². The third kappa shape index (κ3) is 2.57. The Kier molecular flexibility index (Phi) is 4.07. The number of alkyl halides is 1. The van der Waals surface area contributed by atoms with E-state index in [1.165, 1.54) is 7.11 Å². The molecule has 2 aromatic rings. The number of nitrogens with two attached hydrogens (primary N) is 1. The first-order valence-corrected chi connectivity index (χ1v) is 5.60. The molecule has 0 bridgehead atoms. The van der Waals surface area contributed by atoms with E-state index >= 15 is 0 Å². The molecule has 0 fully saturated rings. The first-order valence-electron chi connectivity index (χ1n) is 5.60. The summed E-state index contributed by atoms with van der Waals surface area (Å²) in [6, 6.07) is 6.88. The van der Waals surface area contributed by atoms with Crippen LogP contribution in [0.5, 0.6) is 0 Å². The van der Waals surface area contributed by atoms with E-state index in [0.29, 0.717) is 0 Å². The van der Waals surface area contributed by atoms with E-state index in [1.54, 1.807) is 12.5 Å². The molecule has 0 amide bonds. The largest absolute Gasteiger partial charge is 0.375 e. The predicted octanol–water partition coefficient (Wildman–Crippen LogP) is 2.33. The summed E-state index contributed by atoms with van der Waals surface area (Å²) in [5.74, 6) is 0. The van der Waals surface area contributed by atoms with Crippen LogP contribution in [0.25, 0.3) is 11.1 Å². The van der Waals surface area contributed by atoms with Crippen molar-refractivity contribution in [2.75, 3.05) is 13.8 Å². The van der Waals surface area contributed by atoms with Gasteiger partial charge in [0.25, 0.3) is 0 Å². The van der Waals surface area contributed by atoms with Gasteiger partial charge in [0.1, 0.15) is 12.9 Å². The van der Waals surface area contributed by atoms with Crippen LogP contribution in [0.15, 0.2) is 41.2 Å². The number of hydrogen-bond donors (Lipinski definition) is 1. The number of ether oxygens (including phenoxy) is 1. The molecule has 1 aromatic heterocycles. The van der Waals surface area contributed by atoms with Gasteiger partial charge in [-0.05, 0) is 11.1 Å². The molecule has 1 heterocycles. The molecule has 2 atom stereocenters. The Morgan fingerprint density at radius 1 is 1.33 bits per heavy atom. The summed E-state index contributed by atoms with van der Waals surface area (Å²) in [5, 5.41) is 3.64. The van der Waals surface area contributed by atoms with E-state index < -0.39 is 18.8 Å². The molecule has 0 saturated carbocycles. The van der Waals surface area contributed by atoms with Crippen molar-refractivity contribution < 1.29 is 13.7 Å². The lowest BCUT2D eigenvalue weighted by molar-refractivity contribution is 0.0721. The van der Waals surface area contributed by atoms with E-state index in [9.17, 15) is 4.39 Å². The summed E-state index contributed by atoms with van der Waals surface area (Å²) >= 11 is 0. The van der Waals surface area contributed by atoms with Crippen LogP contribution >= 0.6 is 0 Å². The Hall–Kier alpha value is -1.72. The van der Waals surface area contributed by atoms with Gasteiger partial charge < -0.3 is 15.0 Å². The lowest BCUT2D eigenvalue weighted by atomic mass is 10.0. The maximum Gasteiger partial charge on any atom is 0.131 e. The molecule has 0 saturated heterocycles. The van der Waals surface area contributed by atoms with E-state index in [-0.39, 0.29) is 0 Å².